The van der Waals surface area contributed by atoms with Crippen molar-refractivity contribution >= 4 is 23.7 Å². The molecule has 4 amide bonds. The number of urea groups is 1. The molecule has 0 spiro atoms. The summed E-state index contributed by atoms with van der Waals surface area (Å²) in [7, 11) is 6.19. The fourth-order valence-electron chi connectivity index (χ4n) is 2.94. The second-order valence-corrected chi connectivity index (χ2v) is 5.87. The van der Waals surface area contributed by atoms with Crippen LogP contribution in [0.2, 0.25) is 0 Å². The van der Waals surface area contributed by atoms with Crippen molar-refractivity contribution < 1.29 is 28.4 Å². The quantitative estimate of drug-likeness (QED) is 0.457. The van der Waals surface area contributed by atoms with Gasteiger partial charge < -0.3 is 14.8 Å². The van der Waals surface area contributed by atoms with Crippen molar-refractivity contribution in [3.63, 3.8) is 0 Å². The average molecular weight is 353 g/mol. The minimum atomic E-state index is -0.649. The fourth-order valence-corrected chi connectivity index (χ4v) is 2.94. The van der Waals surface area contributed by atoms with Crippen molar-refractivity contribution in [1.29, 1.82) is 0 Å². The van der Waals surface area contributed by atoms with E-state index in [2.05, 4.69) is 5.32 Å². The molecule has 2 aliphatic rings. The standard InChI is InChI=1S/C16H24N4O5/c1-18-14-11(15(22)19(2)16(18)23)10-12(20(14)7-9-25-4)13(21)17-6-5-8-24-3/h10-11H,5-9H2,1-4H3/p+1. The van der Waals surface area contributed by atoms with Crippen LogP contribution < -0.4 is 5.32 Å². The average Bonchev–Trinajstić information content (AvgIpc) is 2.99. The van der Waals surface area contributed by atoms with Crippen LogP contribution in [-0.4, -0.2) is 92.7 Å². The Hall–Kier alpha value is -2.26. The summed E-state index contributed by atoms with van der Waals surface area (Å²) in [5, 5.41) is 2.82. The van der Waals surface area contributed by atoms with Gasteiger partial charge >= 0.3 is 6.03 Å². The van der Waals surface area contributed by atoms with Crippen molar-refractivity contribution in [3.8, 4) is 0 Å². The summed E-state index contributed by atoms with van der Waals surface area (Å²) in [5.74, 6) is -0.787. The highest BCUT2D eigenvalue weighted by atomic mass is 16.5. The minimum Gasteiger partial charge on any atom is -0.385 e. The molecule has 0 aliphatic carbocycles. The van der Waals surface area contributed by atoms with Crippen LogP contribution in [0.4, 0.5) is 4.79 Å². The second kappa shape index (κ2) is 8.21. The molecule has 0 radical (unpaired) electrons. The lowest BCUT2D eigenvalue weighted by molar-refractivity contribution is -0.476. The Balaban J connectivity index is 2.29. The number of carbonyl (C=O) groups is 3. The molecule has 0 saturated carbocycles. The van der Waals surface area contributed by atoms with Gasteiger partial charge in [0.25, 0.3) is 17.6 Å². The highest BCUT2D eigenvalue weighted by molar-refractivity contribution is 6.19. The van der Waals surface area contributed by atoms with Crippen molar-refractivity contribution in [2.24, 2.45) is 5.92 Å². The topological polar surface area (TPSA) is 91.2 Å². The van der Waals surface area contributed by atoms with Crippen LogP contribution in [-0.2, 0) is 19.1 Å². The van der Waals surface area contributed by atoms with Crippen molar-refractivity contribution in [2.75, 3.05) is 54.6 Å². The highest BCUT2D eigenvalue weighted by Gasteiger charge is 2.51. The molecule has 0 aromatic heterocycles. The summed E-state index contributed by atoms with van der Waals surface area (Å²) in [6, 6.07) is -0.422. The zero-order valence-corrected chi connectivity index (χ0v) is 15.1. The Morgan fingerprint density at radius 3 is 2.52 bits per heavy atom. The molecule has 0 aromatic rings. The summed E-state index contributed by atoms with van der Waals surface area (Å²) < 4.78 is 11.7. The highest BCUT2D eigenvalue weighted by Crippen LogP contribution is 2.25. The maximum absolute atomic E-state index is 12.6. The van der Waals surface area contributed by atoms with Crippen LogP contribution in [0.25, 0.3) is 0 Å². The number of methoxy groups -OCH3 is 2. The van der Waals surface area contributed by atoms with Gasteiger partial charge in [-0.25, -0.2) is 14.3 Å². The molecule has 25 heavy (non-hydrogen) atoms. The number of nitrogens with one attached hydrogen (secondary N) is 1. The first-order valence-corrected chi connectivity index (χ1v) is 8.11. The first-order chi connectivity index (χ1) is 11.9. The molecule has 1 N–H and O–H groups in total. The summed E-state index contributed by atoms with van der Waals surface area (Å²) in [5.41, 5.74) is 0.359. The smallest absolute Gasteiger partial charge is 0.385 e. The number of nitrogens with zero attached hydrogens (tertiary/aromatic N) is 3. The van der Waals surface area contributed by atoms with Crippen LogP contribution in [0.5, 0.6) is 0 Å². The number of hydrogen-bond donors (Lipinski definition) is 1. The van der Waals surface area contributed by atoms with Crippen LogP contribution in [0.15, 0.2) is 11.8 Å². The maximum atomic E-state index is 12.6. The van der Waals surface area contributed by atoms with Gasteiger partial charge in [0.05, 0.1) is 13.7 Å². The molecule has 2 rings (SSSR count). The molecule has 9 nitrogen and oxygen atoms in total. The Kier molecular flexibility index (Phi) is 6.27. The van der Waals surface area contributed by atoms with Gasteiger partial charge in [-0.3, -0.25) is 9.59 Å². The monoisotopic (exact) mass is 353 g/mol. The van der Waals surface area contributed by atoms with E-state index in [9.17, 15) is 14.4 Å². The molecule has 2 heterocycles. The Morgan fingerprint density at radius 2 is 1.88 bits per heavy atom. The number of fused-ring (bicyclic) bond motifs is 1. The van der Waals surface area contributed by atoms with Crippen LogP contribution >= 0.6 is 0 Å². The van der Waals surface area contributed by atoms with Crippen molar-refractivity contribution in [3.05, 3.63) is 11.8 Å². The number of ether oxygens (including phenoxy) is 2. The number of amidine groups is 1. The van der Waals surface area contributed by atoms with Crippen LogP contribution in [0.3, 0.4) is 0 Å². The third-order valence-corrected chi connectivity index (χ3v) is 4.25. The minimum absolute atomic E-state index is 0.287. The van der Waals surface area contributed by atoms with Gasteiger partial charge in [-0.1, -0.05) is 0 Å². The normalized spacial score (nSPS) is 20.2. The Bertz CT molecular complexity index is 628. The van der Waals surface area contributed by atoms with Gasteiger partial charge in [-0.05, 0) is 12.5 Å². The predicted molar refractivity (Wildman–Crippen MR) is 89.0 cm³/mol. The number of amides is 4. The lowest BCUT2D eigenvalue weighted by Gasteiger charge is -2.27. The third kappa shape index (κ3) is 3.72. The third-order valence-electron chi connectivity index (χ3n) is 4.25. The molecule has 1 unspecified atom stereocenters. The second-order valence-electron chi connectivity index (χ2n) is 5.87. The molecule has 1 fully saturated rings. The first-order valence-electron chi connectivity index (χ1n) is 8.11. The molecule has 0 bridgehead atoms. The van der Waals surface area contributed by atoms with Gasteiger partial charge in [0.2, 0.25) is 0 Å². The summed E-state index contributed by atoms with van der Waals surface area (Å²) >= 11 is 0. The van der Waals surface area contributed by atoms with E-state index in [0.29, 0.717) is 44.3 Å². The Labute approximate surface area is 146 Å². The van der Waals surface area contributed by atoms with Gasteiger partial charge in [-0.15, -0.1) is 0 Å². The first kappa shape index (κ1) is 19.1. The lowest BCUT2D eigenvalue weighted by atomic mass is 10.0. The van der Waals surface area contributed by atoms with E-state index < -0.39 is 11.9 Å². The van der Waals surface area contributed by atoms with Gasteiger partial charge in [0.15, 0.2) is 11.6 Å². The van der Waals surface area contributed by atoms with E-state index in [1.165, 1.54) is 11.9 Å². The predicted octanol–water partition coefficient (Wildman–Crippen LogP) is -0.766. The molecule has 1 atom stereocenters. The van der Waals surface area contributed by atoms with E-state index >= 15 is 0 Å². The number of rotatable bonds is 8. The van der Waals surface area contributed by atoms with E-state index in [0.717, 1.165) is 4.90 Å². The number of carbonyl (C=O) groups excluding carboxylic acids is 3. The zero-order chi connectivity index (χ0) is 18.6. The molecule has 138 valence electrons. The van der Waals surface area contributed by atoms with Gasteiger partial charge in [-0.2, -0.15) is 4.90 Å². The van der Waals surface area contributed by atoms with E-state index in [4.69, 9.17) is 9.47 Å². The van der Waals surface area contributed by atoms with E-state index in [-0.39, 0.29) is 11.8 Å². The SMILES string of the molecule is COCCCNC(=O)C1=CC2C(=O)N(C)C(=O)N(C)C2=[N+]1CCOC. The zero-order valence-electron chi connectivity index (χ0n) is 15.1. The fraction of sp³-hybridized carbons (Fsp3) is 0.625. The van der Waals surface area contributed by atoms with Gasteiger partial charge in [0.1, 0.15) is 6.54 Å². The number of imide groups is 1. The van der Waals surface area contributed by atoms with Crippen LogP contribution in [0.1, 0.15) is 6.42 Å². The van der Waals surface area contributed by atoms with Crippen molar-refractivity contribution in [1.82, 2.24) is 15.1 Å². The largest absolute Gasteiger partial charge is 0.417 e. The van der Waals surface area contributed by atoms with Crippen molar-refractivity contribution in [2.45, 2.75) is 6.42 Å². The molecule has 0 aromatic carbocycles. The molecule has 1 saturated heterocycles. The maximum Gasteiger partial charge on any atom is 0.417 e. The van der Waals surface area contributed by atoms with E-state index in [1.54, 1.807) is 31.9 Å². The van der Waals surface area contributed by atoms with Gasteiger partial charge in [0, 0.05) is 34.4 Å². The lowest BCUT2D eigenvalue weighted by Crippen LogP contribution is -2.57. The molecular formula is C16H25N4O5+. The summed E-state index contributed by atoms with van der Waals surface area (Å²) in [6.07, 6.45) is 2.30. The molecular weight excluding hydrogens is 328 g/mol. The molecule has 9 heteroatoms. The van der Waals surface area contributed by atoms with Crippen LogP contribution in [0, 0.1) is 5.92 Å². The van der Waals surface area contributed by atoms with E-state index in [1.807, 2.05) is 0 Å². The summed E-state index contributed by atoms with van der Waals surface area (Å²) in [4.78, 5) is 39.7. The molecule has 2 aliphatic heterocycles. The number of hydrogen-bond acceptors (Lipinski definition) is 5. The summed E-state index contributed by atoms with van der Waals surface area (Å²) in [6.45, 7) is 1.74. The Morgan fingerprint density at radius 1 is 1.20 bits per heavy atom.